The van der Waals surface area contributed by atoms with Crippen LogP contribution in [0.4, 0.5) is 0 Å². The summed E-state index contributed by atoms with van der Waals surface area (Å²) in [6.07, 6.45) is 0. The van der Waals surface area contributed by atoms with Gasteiger partial charge in [-0.3, -0.25) is 11.3 Å². The molecule has 1 aromatic carbocycles. The van der Waals surface area contributed by atoms with E-state index in [1.54, 1.807) is 18.2 Å². The van der Waals surface area contributed by atoms with Crippen molar-refractivity contribution in [1.82, 2.24) is 5.43 Å². The third-order valence-corrected chi connectivity index (χ3v) is 1.62. The van der Waals surface area contributed by atoms with Gasteiger partial charge in [-0.1, -0.05) is 12.1 Å². The van der Waals surface area contributed by atoms with Crippen LogP contribution in [0.25, 0.3) is 0 Å². The molecule has 0 aliphatic heterocycles. The van der Waals surface area contributed by atoms with E-state index in [0.717, 1.165) is 5.56 Å². The molecule has 3 nitrogen and oxygen atoms in total. The molecule has 0 heterocycles. The van der Waals surface area contributed by atoms with Crippen LogP contribution in [-0.4, -0.2) is 5.11 Å². The quantitative estimate of drug-likeness (QED) is 0.485. The molecule has 0 aliphatic rings. The topological polar surface area (TPSA) is 58.3 Å². The van der Waals surface area contributed by atoms with Crippen molar-refractivity contribution in [1.29, 1.82) is 0 Å². The van der Waals surface area contributed by atoms with E-state index in [4.69, 9.17) is 10.9 Å². The van der Waals surface area contributed by atoms with Crippen LogP contribution < -0.4 is 11.3 Å². The van der Waals surface area contributed by atoms with Crippen LogP contribution in [0.3, 0.4) is 0 Å². The molecule has 4 heteroatoms. The fourth-order valence-corrected chi connectivity index (χ4v) is 0.890. The number of halogens is 1. The Morgan fingerprint density at radius 3 is 2.67 bits per heavy atom. The average molecular weight is 189 g/mol. The Hall–Kier alpha value is -0.770. The number of aromatic hydroxyl groups is 1. The van der Waals surface area contributed by atoms with E-state index >= 15 is 0 Å². The van der Waals surface area contributed by atoms with E-state index in [1.807, 2.05) is 13.0 Å². The lowest BCUT2D eigenvalue weighted by Gasteiger charge is -2.09. The monoisotopic (exact) mass is 188 g/mol. The first-order valence-corrected chi connectivity index (χ1v) is 3.49. The zero-order valence-electron chi connectivity index (χ0n) is 6.82. The number of hydrazine groups is 1. The maximum absolute atomic E-state index is 9.09. The fourth-order valence-electron chi connectivity index (χ4n) is 0.890. The normalized spacial score (nSPS) is 11.8. The molecule has 0 amide bonds. The summed E-state index contributed by atoms with van der Waals surface area (Å²) >= 11 is 0. The van der Waals surface area contributed by atoms with Crippen LogP contribution in [0.1, 0.15) is 18.5 Å². The van der Waals surface area contributed by atoms with E-state index in [-0.39, 0.29) is 24.2 Å². The van der Waals surface area contributed by atoms with Gasteiger partial charge in [0.05, 0.1) is 0 Å². The van der Waals surface area contributed by atoms with Crippen LogP contribution in [0.15, 0.2) is 24.3 Å². The molecule has 68 valence electrons. The van der Waals surface area contributed by atoms with Gasteiger partial charge in [0.25, 0.3) is 0 Å². The highest BCUT2D eigenvalue weighted by atomic mass is 35.5. The van der Waals surface area contributed by atoms with E-state index < -0.39 is 0 Å². The lowest BCUT2D eigenvalue weighted by Crippen LogP contribution is -2.25. The second-order valence-electron chi connectivity index (χ2n) is 2.48. The number of benzene rings is 1. The molecular formula is C8H13ClN2O. The number of rotatable bonds is 2. The summed E-state index contributed by atoms with van der Waals surface area (Å²) < 4.78 is 0. The van der Waals surface area contributed by atoms with Gasteiger partial charge >= 0.3 is 0 Å². The average Bonchev–Trinajstić information content (AvgIpc) is 2.03. The SMILES string of the molecule is CC(NN)c1cccc(O)c1.Cl. The van der Waals surface area contributed by atoms with Gasteiger partial charge in [-0.2, -0.15) is 0 Å². The maximum Gasteiger partial charge on any atom is 0.115 e. The van der Waals surface area contributed by atoms with Crippen molar-refractivity contribution in [2.24, 2.45) is 5.84 Å². The van der Waals surface area contributed by atoms with Crippen molar-refractivity contribution in [3.8, 4) is 5.75 Å². The lowest BCUT2D eigenvalue weighted by molar-refractivity contribution is 0.472. The Bertz CT molecular complexity index is 242. The molecule has 12 heavy (non-hydrogen) atoms. The molecule has 1 atom stereocenters. The third-order valence-electron chi connectivity index (χ3n) is 1.62. The molecular weight excluding hydrogens is 176 g/mol. The Labute approximate surface area is 78.0 Å². The molecule has 4 N–H and O–H groups in total. The zero-order valence-corrected chi connectivity index (χ0v) is 7.64. The molecule has 0 spiro atoms. The molecule has 0 fully saturated rings. The standard InChI is InChI=1S/C8H12N2O.ClH/c1-6(10-9)7-3-2-4-8(11)5-7;/h2-6,10-11H,9H2,1H3;1H. The number of nitrogens with one attached hydrogen (secondary N) is 1. The summed E-state index contributed by atoms with van der Waals surface area (Å²) in [5, 5.41) is 9.09. The van der Waals surface area contributed by atoms with Gasteiger partial charge in [0.15, 0.2) is 0 Å². The Morgan fingerprint density at radius 2 is 2.17 bits per heavy atom. The highest BCUT2D eigenvalue weighted by Crippen LogP contribution is 2.16. The minimum Gasteiger partial charge on any atom is -0.508 e. The summed E-state index contributed by atoms with van der Waals surface area (Å²) in [6, 6.07) is 7.09. The second kappa shape index (κ2) is 4.98. The molecule has 0 bridgehead atoms. The fraction of sp³-hybridized carbons (Fsp3) is 0.250. The van der Waals surface area contributed by atoms with Crippen LogP contribution >= 0.6 is 12.4 Å². The van der Waals surface area contributed by atoms with Gasteiger partial charge in [-0.05, 0) is 24.6 Å². The van der Waals surface area contributed by atoms with Gasteiger partial charge in [-0.15, -0.1) is 12.4 Å². The van der Waals surface area contributed by atoms with Crippen molar-refractivity contribution in [2.45, 2.75) is 13.0 Å². The lowest BCUT2D eigenvalue weighted by atomic mass is 10.1. The third kappa shape index (κ3) is 2.70. The summed E-state index contributed by atoms with van der Waals surface area (Å²) in [7, 11) is 0. The first kappa shape index (κ1) is 11.2. The van der Waals surface area contributed by atoms with E-state index in [2.05, 4.69) is 5.43 Å². The van der Waals surface area contributed by atoms with Crippen LogP contribution in [0.2, 0.25) is 0 Å². The van der Waals surface area contributed by atoms with Crippen molar-refractivity contribution >= 4 is 12.4 Å². The minimum absolute atomic E-state index is 0. The van der Waals surface area contributed by atoms with E-state index in [0.29, 0.717) is 0 Å². The predicted molar refractivity (Wildman–Crippen MR) is 51.1 cm³/mol. The predicted octanol–water partition coefficient (Wildman–Crippen LogP) is 1.34. The van der Waals surface area contributed by atoms with Gasteiger partial charge in [0.2, 0.25) is 0 Å². The summed E-state index contributed by atoms with van der Waals surface area (Å²) in [5.74, 6) is 5.49. The number of nitrogens with two attached hydrogens (primary N) is 1. The van der Waals surface area contributed by atoms with Crippen molar-refractivity contribution in [2.75, 3.05) is 0 Å². The van der Waals surface area contributed by atoms with Gasteiger partial charge in [-0.25, -0.2) is 0 Å². The molecule has 1 rings (SSSR count). The van der Waals surface area contributed by atoms with Crippen molar-refractivity contribution in [3.63, 3.8) is 0 Å². The first-order valence-electron chi connectivity index (χ1n) is 3.49. The number of phenols is 1. The van der Waals surface area contributed by atoms with Crippen LogP contribution in [0, 0.1) is 0 Å². The smallest absolute Gasteiger partial charge is 0.115 e. The first-order chi connectivity index (χ1) is 5.24. The highest BCUT2D eigenvalue weighted by molar-refractivity contribution is 5.85. The van der Waals surface area contributed by atoms with Crippen LogP contribution in [-0.2, 0) is 0 Å². The Kier molecular flexibility index (Phi) is 4.66. The van der Waals surface area contributed by atoms with Crippen molar-refractivity contribution in [3.05, 3.63) is 29.8 Å². The number of phenolic OH excluding ortho intramolecular Hbond substituents is 1. The second-order valence-corrected chi connectivity index (χ2v) is 2.48. The van der Waals surface area contributed by atoms with Crippen molar-refractivity contribution < 1.29 is 5.11 Å². The van der Waals surface area contributed by atoms with E-state index in [9.17, 15) is 0 Å². The largest absolute Gasteiger partial charge is 0.508 e. The molecule has 0 saturated heterocycles. The van der Waals surface area contributed by atoms with Gasteiger partial charge in [0.1, 0.15) is 5.75 Å². The molecule has 1 aromatic rings. The zero-order chi connectivity index (χ0) is 8.27. The number of hydrogen-bond donors (Lipinski definition) is 3. The maximum atomic E-state index is 9.09. The Morgan fingerprint density at radius 1 is 1.50 bits per heavy atom. The molecule has 0 radical (unpaired) electrons. The summed E-state index contributed by atoms with van der Waals surface area (Å²) in [6.45, 7) is 1.93. The van der Waals surface area contributed by atoms with E-state index in [1.165, 1.54) is 0 Å². The molecule has 0 aliphatic carbocycles. The van der Waals surface area contributed by atoms with Gasteiger partial charge in [0, 0.05) is 6.04 Å². The molecule has 1 unspecified atom stereocenters. The molecule has 0 saturated carbocycles. The minimum atomic E-state index is 0. The van der Waals surface area contributed by atoms with Crippen LogP contribution in [0.5, 0.6) is 5.75 Å². The molecule has 0 aromatic heterocycles. The van der Waals surface area contributed by atoms with Gasteiger partial charge < -0.3 is 5.11 Å². The summed E-state index contributed by atoms with van der Waals surface area (Å²) in [5.41, 5.74) is 3.58. The Balaban J connectivity index is 0.00000121. The number of hydrogen-bond acceptors (Lipinski definition) is 3. The summed E-state index contributed by atoms with van der Waals surface area (Å²) in [4.78, 5) is 0. The highest BCUT2D eigenvalue weighted by Gasteiger charge is 2.01.